The number of carbonyl (C=O) groups is 1. The summed E-state index contributed by atoms with van der Waals surface area (Å²) in [6.45, 7) is 2.09. The first kappa shape index (κ1) is 18.4. The molecular formula is C19H19BrClFN2O. The third kappa shape index (κ3) is 4.81. The minimum absolute atomic E-state index is 0.0154. The van der Waals surface area contributed by atoms with E-state index in [0.29, 0.717) is 17.1 Å². The van der Waals surface area contributed by atoms with Gasteiger partial charge < -0.3 is 5.32 Å². The Bertz CT molecular complexity index is 763. The minimum atomic E-state index is -0.277. The summed E-state index contributed by atoms with van der Waals surface area (Å²) in [5.41, 5.74) is 1.43. The minimum Gasteiger partial charge on any atom is -0.325 e. The van der Waals surface area contributed by atoms with Crippen LogP contribution in [-0.4, -0.2) is 23.9 Å². The van der Waals surface area contributed by atoms with Crippen molar-refractivity contribution < 1.29 is 9.18 Å². The number of carbonyl (C=O) groups excluding carboxylic acids is 1. The summed E-state index contributed by atoms with van der Waals surface area (Å²) in [5, 5.41) is 3.39. The predicted molar refractivity (Wildman–Crippen MR) is 102 cm³/mol. The molecule has 1 amide bonds. The molecule has 2 aromatic rings. The average Bonchev–Trinajstić information content (AvgIpc) is 2.60. The molecule has 1 aliphatic heterocycles. The number of nitrogens with zero attached hydrogens (tertiary/aromatic N) is 1. The van der Waals surface area contributed by atoms with Gasteiger partial charge in [-0.05, 0) is 66.1 Å². The quantitative estimate of drug-likeness (QED) is 0.740. The Morgan fingerprint density at radius 3 is 2.64 bits per heavy atom. The van der Waals surface area contributed by atoms with Crippen LogP contribution in [0.2, 0.25) is 5.02 Å². The lowest BCUT2D eigenvalue weighted by Gasteiger charge is -2.31. The van der Waals surface area contributed by atoms with Crippen molar-refractivity contribution >= 4 is 39.1 Å². The molecule has 25 heavy (non-hydrogen) atoms. The van der Waals surface area contributed by atoms with Gasteiger partial charge in [0, 0.05) is 27.5 Å². The normalized spacial score (nSPS) is 16.0. The van der Waals surface area contributed by atoms with Crippen LogP contribution in [0.5, 0.6) is 0 Å². The molecule has 0 aliphatic carbocycles. The summed E-state index contributed by atoms with van der Waals surface area (Å²) in [7, 11) is 0. The summed E-state index contributed by atoms with van der Waals surface area (Å²) in [6, 6.07) is 12.4. The van der Waals surface area contributed by atoms with Crippen LogP contribution in [0, 0.1) is 11.7 Å². The van der Waals surface area contributed by atoms with Crippen LogP contribution in [0.15, 0.2) is 46.9 Å². The van der Waals surface area contributed by atoms with Crippen molar-refractivity contribution in [2.45, 2.75) is 19.4 Å². The van der Waals surface area contributed by atoms with E-state index in [9.17, 15) is 9.18 Å². The van der Waals surface area contributed by atoms with E-state index < -0.39 is 0 Å². The number of halogens is 3. The Hall–Kier alpha value is -1.43. The molecule has 1 fully saturated rings. The maximum atomic E-state index is 13.9. The highest BCUT2D eigenvalue weighted by atomic mass is 79.9. The van der Waals surface area contributed by atoms with E-state index in [2.05, 4.69) is 26.1 Å². The highest BCUT2D eigenvalue weighted by Crippen LogP contribution is 2.25. The van der Waals surface area contributed by atoms with Crippen molar-refractivity contribution in [3.05, 3.63) is 63.3 Å². The fraction of sp³-hybridized carbons (Fsp3) is 0.316. The van der Waals surface area contributed by atoms with Gasteiger partial charge in [-0.1, -0.05) is 29.8 Å². The van der Waals surface area contributed by atoms with E-state index in [0.717, 1.165) is 36.1 Å². The van der Waals surface area contributed by atoms with Gasteiger partial charge in [-0.2, -0.15) is 0 Å². The van der Waals surface area contributed by atoms with Gasteiger partial charge in [0.1, 0.15) is 5.82 Å². The highest BCUT2D eigenvalue weighted by Gasteiger charge is 2.25. The Kier molecular flexibility index (Phi) is 6.10. The molecule has 0 spiro atoms. The molecule has 1 heterocycles. The topological polar surface area (TPSA) is 32.3 Å². The van der Waals surface area contributed by atoms with Crippen LogP contribution in [0.1, 0.15) is 18.4 Å². The van der Waals surface area contributed by atoms with Gasteiger partial charge in [-0.25, -0.2) is 4.39 Å². The Morgan fingerprint density at radius 1 is 1.24 bits per heavy atom. The fourth-order valence-electron chi connectivity index (χ4n) is 3.04. The molecule has 3 nitrogen and oxygen atoms in total. The Labute approximate surface area is 160 Å². The third-order valence-electron chi connectivity index (χ3n) is 4.50. The van der Waals surface area contributed by atoms with E-state index in [1.165, 1.54) is 6.07 Å². The van der Waals surface area contributed by atoms with Gasteiger partial charge in [0.15, 0.2) is 0 Å². The molecule has 0 bridgehead atoms. The van der Waals surface area contributed by atoms with Gasteiger partial charge in [-0.3, -0.25) is 9.69 Å². The molecule has 0 saturated carbocycles. The molecule has 1 N–H and O–H groups in total. The zero-order chi connectivity index (χ0) is 17.8. The molecule has 1 saturated heterocycles. The number of anilines is 1. The number of piperidine rings is 1. The van der Waals surface area contributed by atoms with Crippen molar-refractivity contribution in [1.82, 2.24) is 4.90 Å². The van der Waals surface area contributed by atoms with Crippen LogP contribution < -0.4 is 5.32 Å². The van der Waals surface area contributed by atoms with Gasteiger partial charge in [0.25, 0.3) is 0 Å². The van der Waals surface area contributed by atoms with Gasteiger partial charge in [0.2, 0.25) is 5.91 Å². The second kappa shape index (κ2) is 8.30. The number of para-hydroxylation sites is 1. The number of amides is 1. The van der Waals surface area contributed by atoms with E-state index in [1.54, 1.807) is 12.1 Å². The molecule has 0 aromatic heterocycles. The zero-order valence-corrected chi connectivity index (χ0v) is 16.0. The molecule has 3 rings (SSSR count). The first-order valence-electron chi connectivity index (χ1n) is 8.24. The van der Waals surface area contributed by atoms with Crippen molar-refractivity contribution in [2.24, 2.45) is 5.92 Å². The van der Waals surface area contributed by atoms with Gasteiger partial charge in [-0.15, -0.1) is 0 Å². The maximum absolute atomic E-state index is 13.9. The summed E-state index contributed by atoms with van der Waals surface area (Å²) in [6.07, 6.45) is 1.54. The van der Waals surface area contributed by atoms with E-state index in [-0.39, 0.29) is 17.6 Å². The smallest absolute Gasteiger partial charge is 0.227 e. The summed E-state index contributed by atoms with van der Waals surface area (Å²) < 4.78 is 14.8. The predicted octanol–water partition coefficient (Wildman–Crippen LogP) is 5.09. The molecule has 132 valence electrons. The first-order valence-corrected chi connectivity index (χ1v) is 9.41. The van der Waals surface area contributed by atoms with E-state index in [4.69, 9.17) is 11.6 Å². The second-order valence-electron chi connectivity index (χ2n) is 6.26. The molecule has 1 aliphatic rings. The summed E-state index contributed by atoms with van der Waals surface area (Å²) >= 11 is 9.23. The number of hydrogen-bond donors (Lipinski definition) is 1. The Balaban J connectivity index is 1.53. The highest BCUT2D eigenvalue weighted by molar-refractivity contribution is 9.10. The van der Waals surface area contributed by atoms with Crippen molar-refractivity contribution in [1.29, 1.82) is 0 Å². The molecule has 0 atom stereocenters. The fourth-order valence-corrected chi connectivity index (χ4v) is 3.58. The molecule has 2 aromatic carbocycles. The van der Waals surface area contributed by atoms with Crippen LogP contribution >= 0.6 is 27.5 Å². The van der Waals surface area contributed by atoms with E-state index >= 15 is 0 Å². The molecule has 0 unspecified atom stereocenters. The maximum Gasteiger partial charge on any atom is 0.227 e. The van der Waals surface area contributed by atoms with Crippen molar-refractivity contribution in [3.63, 3.8) is 0 Å². The SMILES string of the molecule is O=C(Nc1ccccc1Br)C1CCN(Cc2ccc(Cl)cc2F)CC1. The second-order valence-corrected chi connectivity index (χ2v) is 7.55. The van der Waals surface area contributed by atoms with E-state index in [1.807, 2.05) is 24.3 Å². The molecular weight excluding hydrogens is 407 g/mol. The standard InChI is InChI=1S/C19H19BrClFN2O/c20-16-3-1-2-4-18(16)23-19(25)13-7-9-24(10-8-13)12-14-5-6-15(21)11-17(14)22/h1-6,11,13H,7-10,12H2,(H,23,25). The largest absolute Gasteiger partial charge is 0.325 e. The number of benzene rings is 2. The third-order valence-corrected chi connectivity index (χ3v) is 5.43. The first-order chi connectivity index (χ1) is 12.0. The van der Waals surface area contributed by atoms with Crippen molar-refractivity contribution in [3.8, 4) is 0 Å². The van der Waals surface area contributed by atoms with Crippen molar-refractivity contribution in [2.75, 3.05) is 18.4 Å². The molecule has 0 radical (unpaired) electrons. The monoisotopic (exact) mass is 424 g/mol. The average molecular weight is 426 g/mol. The number of likely N-dealkylation sites (tertiary alicyclic amines) is 1. The summed E-state index contributed by atoms with van der Waals surface area (Å²) in [4.78, 5) is 14.6. The lowest BCUT2D eigenvalue weighted by atomic mass is 9.95. The van der Waals surface area contributed by atoms with Crippen LogP contribution in [0.3, 0.4) is 0 Å². The van der Waals surface area contributed by atoms with Gasteiger partial charge >= 0.3 is 0 Å². The lowest BCUT2D eigenvalue weighted by Crippen LogP contribution is -2.38. The number of nitrogens with one attached hydrogen (secondary N) is 1. The number of rotatable bonds is 4. The number of hydrogen-bond acceptors (Lipinski definition) is 2. The summed E-state index contributed by atoms with van der Waals surface area (Å²) in [5.74, 6) is -0.246. The zero-order valence-electron chi connectivity index (χ0n) is 13.6. The van der Waals surface area contributed by atoms with Crippen LogP contribution in [0.25, 0.3) is 0 Å². The molecule has 6 heteroatoms. The van der Waals surface area contributed by atoms with Crippen LogP contribution in [-0.2, 0) is 11.3 Å². The van der Waals surface area contributed by atoms with Gasteiger partial charge in [0.05, 0.1) is 5.69 Å². The van der Waals surface area contributed by atoms with Crippen LogP contribution in [0.4, 0.5) is 10.1 Å². The Morgan fingerprint density at radius 2 is 1.96 bits per heavy atom. The lowest BCUT2D eigenvalue weighted by molar-refractivity contribution is -0.121.